The van der Waals surface area contributed by atoms with E-state index in [2.05, 4.69) is 30.3 Å². The maximum Gasteiger partial charge on any atom is 0.336 e. The summed E-state index contributed by atoms with van der Waals surface area (Å²) < 4.78 is 5.26. The van der Waals surface area contributed by atoms with Gasteiger partial charge in [0.05, 0.1) is 0 Å². The molecule has 0 atom stereocenters. The van der Waals surface area contributed by atoms with Gasteiger partial charge in [-0.3, -0.25) is 0 Å². The summed E-state index contributed by atoms with van der Waals surface area (Å²) in [6, 6.07) is 23.8. The molecule has 0 bridgehead atoms. The summed E-state index contributed by atoms with van der Waals surface area (Å²) in [7, 11) is 0. The van der Waals surface area contributed by atoms with E-state index in [1.807, 2.05) is 30.3 Å². The molecule has 1 heterocycles. The minimum Gasteiger partial charge on any atom is -0.423 e. The van der Waals surface area contributed by atoms with Crippen LogP contribution in [0.3, 0.4) is 0 Å². The van der Waals surface area contributed by atoms with Crippen LogP contribution in [0.4, 0.5) is 0 Å². The van der Waals surface area contributed by atoms with Crippen molar-refractivity contribution in [1.29, 1.82) is 0 Å². The number of benzene rings is 3. The molecule has 0 aliphatic heterocycles. The van der Waals surface area contributed by atoms with Crippen molar-refractivity contribution in [2.24, 2.45) is 0 Å². The van der Waals surface area contributed by atoms with Crippen molar-refractivity contribution in [2.45, 2.75) is 0 Å². The fraction of sp³-hybridized carbons (Fsp3) is 0. The molecule has 0 aliphatic carbocycles. The molecule has 0 fully saturated rings. The fourth-order valence-electron chi connectivity index (χ4n) is 2.62. The first-order chi connectivity index (χ1) is 10.3. The molecule has 0 saturated heterocycles. The molecule has 100 valence electrons. The topological polar surface area (TPSA) is 30.2 Å². The van der Waals surface area contributed by atoms with Gasteiger partial charge in [0.2, 0.25) is 0 Å². The Labute approximate surface area is 121 Å². The summed E-state index contributed by atoms with van der Waals surface area (Å²) in [4.78, 5) is 11.3. The van der Waals surface area contributed by atoms with Crippen LogP contribution in [0.25, 0.3) is 32.9 Å². The second-order valence-electron chi connectivity index (χ2n) is 5.07. The highest BCUT2D eigenvalue weighted by molar-refractivity contribution is 5.97. The van der Waals surface area contributed by atoms with Crippen molar-refractivity contribution < 1.29 is 4.42 Å². The van der Waals surface area contributed by atoms with Crippen molar-refractivity contribution in [3.05, 3.63) is 83.2 Å². The molecule has 21 heavy (non-hydrogen) atoms. The third kappa shape index (κ3) is 2.11. The molecule has 0 radical (unpaired) electrons. The van der Waals surface area contributed by atoms with Gasteiger partial charge >= 0.3 is 5.63 Å². The zero-order valence-electron chi connectivity index (χ0n) is 11.2. The normalized spacial score (nSPS) is 11.0. The summed E-state index contributed by atoms with van der Waals surface area (Å²) in [5.41, 5.74) is 2.64. The Balaban J connectivity index is 1.98. The molecule has 0 spiro atoms. The summed E-state index contributed by atoms with van der Waals surface area (Å²) in [5, 5.41) is 3.14. The number of hydrogen-bond acceptors (Lipinski definition) is 2. The molecule has 4 aromatic rings. The first-order valence-corrected chi connectivity index (χ1v) is 6.83. The highest BCUT2D eigenvalue weighted by Gasteiger charge is 2.03. The molecule has 0 N–H and O–H groups in total. The molecule has 2 heteroatoms. The minimum atomic E-state index is -0.318. The smallest absolute Gasteiger partial charge is 0.336 e. The predicted molar refractivity (Wildman–Crippen MR) is 85.4 cm³/mol. The van der Waals surface area contributed by atoms with Crippen LogP contribution >= 0.6 is 0 Å². The van der Waals surface area contributed by atoms with E-state index in [1.165, 1.54) is 11.6 Å². The lowest BCUT2D eigenvalue weighted by atomic mass is 10.0. The Morgan fingerprint density at radius 3 is 2.29 bits per heavy atom. The van der Waals surface area contributed by atoms with Crippen LogP contribution in [0.1, 0.15) is 0 Å². The average molecular weight is 272 g/mol. The second-order valence-corrected chi connectivity index (χ2v) is 5.07. The lowest BCUT2D eigenvalue weighted by Crippen LogP contribution is -1.94. The lowest BCUT2D eigenvalue weighted by Gasteiger charge is -2.05. The van der Waals surface area contributed by atoms with E-state index in [4.69, 9.17) is 4.42 Å². The Hall–Kier alpha value is -2.87. The monoisotopic (exact) mass is 272 g/mol. The molecular weight excluding hydrogens is 260 g/mol. The number of fused-ring (bicyclic) bond motifs is 2. The molecule has 0 saturated carbocycles. The zero-order chi connectivity index (χ0) is 14.2. The van der Waals surface area contributed by atoms with Crippen molar-refractivity contribution in [3.8, 4) is 11.1 Å². The highest BCUT2D eigenvalue weighted by atomic mass is 16.4. The van der Waals surface area contributed by atoms with Gasteiger partial charge in [0.15, 0.2) is 0 Å². The third-order valence-corrected chi connectivity index (χ3v) is 3.69. The van der Waals surface area contributed by atoms with Gasteiger partial charge in [-0.2, -0.15) is 0 Å². The van der Waals surface area contributed by atoms with Crippen molar-refractivity contribution >= 4 is 21.7 Å². The zero-order valence-corrected chi connectivity index (χ0v) is 11.2. The summed E-state index contributed by atoms with van der Waals surface area (Å²) in [6.45, 7) is 0. The van der Waals surface area contributed by atoms with E-state index in [-0.39, 0.29) is 5.63 Å². The van der Waals surface area contributed by atoms with Gasteiger partial charge in [0, 0.05) is 11.5 Å². The molecule has 4 rings (SSSR count). The van der Waals surface area contributed by atoms with Crippen LogP contribution in [0.2, 0.25) is 0 Å². The van der Waals surface area contributed by atoms with Gasteiger partial charge in [0.25, 0.3) is 0 Å². The summed E-state index contributed by atoms with van der Waals surface area (Å²) in [5.74, 6) is 0. The average Bonchev–Trinajstić information content (AvgIpc) is 2.53. The van der Waals surface area contributed by atoms with E-state index in [9.17, 15) is 4.79 Å². The maximum absolute atomic E-state index is 11.3. The van der Waals surface area contributed by atoms with E-state index >= 15 is 0 Å². The second kappa shape index (κ2) is 4.60. The first-order valence-electron chi connectivity index (χ1n) is 6.83. The Morgan fingerprint density at radius 1 is 0.619 bits per heavy atom. The van der Waals surface area contributed by atoms with Gasteiger partial charge in [0.1, 0.15) is 5.58 Å². The van der Waals surface area contributed by atoms with E-state index in [0.717, 1.165) is 21.7 Å². The van der Waals surface area contributed by atoms with Gasteiger partial charge in [-0.1, -0.05) is 42.5 Å². The fourth-order valence-corrected chi connectivity index (χ4v) is 2.62. The van der Waals surface area contributed by atoms with Crippen molar-refractivity contribution in [1.82, 2.24) is 0 Å². The van der Waals surface area contributed by atoms with Crippen LogP contribution in [-0.4, -0.2) is 0 Å². The number of rotatable bonds is 1. The van der Waals surface area contributed by atoms with Gasteiger partial charge in [-0.05, 0) is 46.2 Å². The molecule has 3 aromatic carbocycles. The standard InChI is InChI=1S/C19H12O2/c20-19-9-8-16-10-15-7-6-14(13-4-2-1-3-5-13)11-17(15)12-18(16)21-19/h1-12H. The van der Waals surface area contributed by atoms with Crippen LogP contribution in [-0.2, 0) is 0 Å². The lowest BCUT2D eigenvalue weighted by molar-refractivity contribution is 0.561. The maximum atomic E-state index is 11.3. The Kier molecular flexibility index (Phi) is 2.61. The Morgan fingerprint density at radius 2 is 1.43 bits per heavy atom. The van der Waals surface area contributed by atoms with E-state index in [0.29, 0.717) is 5.58 Å². The summed E-state index contributed by atoms with van der Waals surface area (Å²) >= 11 is 0. The van der Waals surface area contributed by atoms with Gasteiger partial charge < -0.3 is 4.42 Å². The quantitative estimate of drug-likeness (QED) is 0.374. The van der Waals surface area contributed by atoms with Crippen molar-refractivity contribution in [2.75, 3.05) is 0 Å². The molecule has 0 aliphatic rings. The van der Waals surface area contributed by atoms with Crippen LogP contribution in [0.15, 0.2) is 82.0 Å². The van der Waals surface area contributed by atoms with E-state index < -0.39 is 0 Å². The minimum absolute atomic E-state index is 0.318. The van der Waals surface area contributed by atoms with Crippen LogP contribution < -0.4 is 5.63 Å². The van der Waals surface area contributed by atoms with Gasteiger partial charge in [-0.25, -0.2) is 4.79 Å². The largest absolute Gasteiger partial charge is 0.423 e. The molecule has 0 amide bonds. The predicted octanol–water partition coefficient (Wildman–Crippen LogP) is 4.61. The molecule has 2 nitrogen and oxygen atoms in total. The van der Waals surface area contributed by atoms with E-state index in [1.54, 1.807) is 6.07 Å². The third-order valence-electron chi connectivity index (χ3n) is 3.69. The summed E-state index contributed by atoms with van der Waals surface area (Å²) in [6.07, 6.45) is 0. The molecule has 0 unspecified atom stereocenters. The first kappa shape index (κ1) is 11.9. The SMILES string of the molecule is O=c1ccc2cc3ccc(-c4ccccc4)cc3cc2o1. The number of hydrogen-bond donors (Lipinski definition) is 0. The van der Waals surface area contributed by atoms with Crippen molar-refractivity contribution in [3.63, 3.8) is 0 Å². The van der Waals surface area contributed by atoms with Gasteiger partial charge in [-0.15, -0.1) is 0 Å². The molecule has 1 aromatic heterocycles. The van der Waals surface area contributed by atoms with Crippen LogP contribution in [0.5, 0.6) is 0 Å². The van der Waals surface area contributed by atoms with Crippen LogP contribution in [0, 0.1) is 0 Å². The Bertz CT molecular complexity index is 998. The highest BCUT2D eigenvalue weighted by Crippen LogP contribution is 2.27. The molecular formula is C19H12O2.